The fraction of sp³-hybridized carbons (Fsp3) is 0.235. The molecule has 0 saturated carbocycles. The van der Waals surface area contributed by atoms with Gasteiger partial charge in [0.25, 0.3) is 10.0 Å². The topological polar surface area (TPSA) is 86.8 Å². The lowest BCUT2D eigenvalue weighted by Gasteiger charge is -2.34. The Morgan fingerprint density at radius 3 is 2.04 bits per heavy atom. The quantitative estimate of drug-likeness (QED) is 0.152. The largest absolute Gasteiger partial charge is 0.352 e. The van der Waals surface area contributed by atoms with Crippen LogP contribution in [0, 0.1) is 0 Å². The predicted molar refractivity (Wildman–Crippen MR) is 186 cm³/mol. The van der Waals surface area contributed by atoms with Crippen molar-refractivity contribution in [2.45, 2.75) is 50.2 Å². The molecule has 242 valence electrons. The Labute approximate surface area is 290 Å². The van der Waals surface area contributed by atoms with E-state index in [-0.39, 0.29) is 45.5 Å². The van der Waals surface area contributed by atoms with Crippen molar-refractivity contribution in [1.29, 1.82) is 0 Å². The van der Waals surface area contributed by atoms with Crippen molar-refractivity contribution in [3.63, 3.8) is 0 Å². The first-order chi connectivity index (χ1) is 21.9. The zero-order chi connectivity index (χ0) is 33.4. The van der Waals surface area contributed by atoms with Crippen molar-refractivity contribution in [3.8, 4) is 0 Å². The zero-order valence-electron chi connectivity index (χ0n) is 25.2. The highest BCUT2D eigenvalue weighted by Crippen LogP contribution is 2.33. The van der Waals surface area contributed by atoms with Gasteiger partial charge < -0.3 is 10.2 Å². The molecule has 0 heterocycles. The van der Waals surface area contributed by atoms with Crippen LogP contribution in [0.1, 0.15) is 31.4 Å². The summed E-state index contributed by atoms with van der Waals surface area (Å²) < 4.78 is 29.1. The van der Waals surface area contributed by atoms with Gasteiger partial charge in [0, 0.05) is 24.0 Å². The first kappa shape index (κ1) is 35.6. The SMILES string of the molecule is CC[C@@H](C)NC(=O)[C@H](Cc1ccccc1)N(Cc1ccc(Cl)c(Cl)c1)C(=O)CN(c1ccc(Cl)cc1Cl)S(=O)(=O)c1ccccc1. The van der Waals surface area contributed by atoms with E-state index in [2.05, 4.69) is 5.32 Å². The maximum Gasteiger partial charge on any atom is 0.264 e. The number of amides is 2. The Bertz CT molecular complexity index is 1780. The van der Waals surface area contributed by atoms with E-state index in [1.807, 2.05) is 44.2 Å². The monoisotopic (exact) mass is 719 g/mol. The average Bonchev–Trinajstić information content (AvgIpc) is 3.04. The fourth-order valence-electron chi connectivity index (χ4n) is 4.75. The highest BCUT2D eigenvalue weighted by molar-refractivity contribution is 7.92. The summed E-state index contributed by atoms with van der Waals surface area (Å²) in [5.74, 6) is -1.02. The van der Waals surface area contributed by atoms with Gasteiger partial charge >= 0.3 is 0 Å². The number of hydrogen-bond acceptors (Lipinski definition) is 4. The van der Waals surface area contributed by atoms with Crippen LogP contribution in [-0.4, -0.2) is 43.8 Å². The van der Waals surface area contributed by atoms with Gasteiger partial charge in [-0.15, -0.1) is 0 Å². The summed E-state index contributed by atoms with van der Waals surface area (Å²) in [7, 11) is -4.31. The summed E-state index contributed by atoms with van der Waals surface area (Å²) in [4.78, 5) is 29.8. The minimum Gasteiger partial charge on any atom is -0.352 e. The first-order valence-corrected chi connectivity index (χ1v) is 17.5. The second kappa shape index (κ2) is 16.0. The molecule has 2 amide bonds. The van der Waals surface area contributed by atoms with Gasteiger partial charge in [-0.3, -0.25) is 13.9 Å². The molecule has 0 aliphatic carbocycles. The maximum absolute atomic E-state index is 14.5. The molecule has 0 unspecified atom stereocenters. The van der Waals surface area contributed by atoms with E-state index >= 15 is 0 Å². The van der Waals surface area contributed by atoms with Gasteiger partial charge in [-0.25, -0.2) is 8.42 Å². The lowest BCUT2D eigenvalue weighted by molar-refractivity contribution is -0.140. The number of hydrogen-bond donors (Lipinski definition) is 1. The van der Waals surface area contributed by atoms with Gasteiger partial charge in [-0.1, -0.05) is 108 Å². The van der Waals surface area contributed by atoms with E-state index in [4.69, 9.17) is 46.4 Å². The van der Waals surface area contributed by atoms with Gasteiger partial charge in [0.05, 0.1) is 25.7 Å². The molecule has 1 N–H and O–H groups in total. The van der Waals surface area contributed by atoms with Crippen molar-refractivity contribution < 1.29 is 18.0 Å². The molecule has 46 heavy (non-hydrogen) atoms. The Morgan fingerprint density at radius 2 is 1.43 bits per heavy atom. The molecule has 0 saturated heterocycles. The second-order valence-corrected chi connectivity index (χ2v) is 14.2. The maximum atomic E-state index is 14.5. The van der Waals surface area contributed by atoms with Gasteiger partial charge in [0.2, 0.25) is 11.8 Å². The van der Waals surface area contributed by atoms with Gasteiger partial charge in [0.15, 0.2) is 0 Å². The molecular formula is C34H33Cl4N3O4S. The summed E-state index contributed by atoms with van der Waals surface area (Å²) in [6.45, 7) is 3.09. The Hall–Kier alpha value is -3.27. The molecule has 0 spiro atoms. The van der Waals surface area contributed by atoms with Crippen LogP contribution in [0.25, 0.3) is 0 Å². The smallest absolute Gasteiger partial charge is 0.264 e. The summed E-state index contributed by atoms with van der Waals surface area (Å²) >= 11 is 25.2. The fourth-order valence-corrected chi connectivity index (χ4v) is 7.08. The van der Waals surface area contributed by atoms with Gasteiger partial charge in [-0.05, 0) is 66.9 Å². The van der Waals surface area contributed by atoms with E-state index in [0.717, 1.165) is 9.87 Å². The van der Waals surface area contributed by atoms with Crippen LogP contribution in [0.4, 0.5) is 5.69 Å². The van der Waals surface area contributed by atoms with Crippen LogP contribution in [0.15, 0.2) is 102 Å². The molecule has 0 aromatic heterocycles. The van der Waals surface area contributed by atoms with E-state index in [1.165, 1.54) is 35.2 Å². The van der Waals surface area contributed by atoms with Crippen LogP contribution in [0.3, 0.4) is 0 Å². The molecule has 2 atom stereocenters. The number of halogens is 4. The third-order valence-electron chi connectivity index (χ3n) is 7.40. The molecule has 7 nitrogen and oxygen atoms in total. The minimum atomic E-state index is -4.31. The highest BCUT2D eigenvalue weighted by Gasteiger charge is 2.35. The van der Waals surface area contributed by atoms with E-state index in [1.54, 1.807) is 36.4 Å². The van der Waals surface area contributed by atoms with E-state index < -0.39 is 28.5 Å². The van der Waals surface area contributed by atoms with Crippen molar-refractivity contribution >= 4 is 73.9 Å². The van der Waals surface area contributed by atoms with Crippen LogP contribution < -0.4 is 9.62 Å². The number of sulfonamides is 1. The molecule has 0 bridgehead atoms. The highest BCUT2D eigenvalue weighted by atomic mass is 35.5. The molecule has 12 heteroatoms. The van der Waals surface area contributed by atoms with E-state index in [9.17, 15) is 18.0 Å². The summed E-state index contributed by atoms with van der Waals surface area (Å²) in [5, 5.41) is 3.93. The van der Waals surface area contributed by atoms with Crippen molar-refractivity contribution in [2.75, 3.05) is 10.8 Å². The van der Waals surface area contributed by atoms with Crippen LogP contribution in [0.2, 0.25) is 20.1 Å². The number of carbonyl (C=O) groups excluding carboxylic acids is 2. The third kappa shape index (κ3) is 8.96. The van der Waals surface area contributed by atoms with Crippen LogP contribution >= 0.6 is 46.4 Å². The lowest BCUT2D eigenvalue weighted by Crippen LogP contribution is -2.54. The molecule has 0 fully saturated rings. The van der Waals surface area contributed by atoms with E-state index in [0.29, 0.717) is 22.0 Å². The molecule has 0 radical (unpaired) electrons. The predicted octanol–water partition coefficient (Wildman–Crippen LogP) is 8.05. The van der Waals surface area contributed by atoms with Crippen molar-refractivity contribution in [1.82, 2.24) is 10.2 Å². The van der Waals surface area contributed by atoms with Crippen LogP contribution in [-0.2, 0) is 32.6 Å². The van der Waals surface area contributed by atoms with Crippen LogP contribution in [0.5, 0.6) is 0 Å². The molecule has 4 rings (SSSR count). The summed E-state index contributed by atoms with van der Waals surface area (Å²) in [6, 6.07) is 25.1. The Morgan fingerprint density at radius 1 is 0.783 bits per heavy atom. The number of rotatable bonds is 13. The Balaban J connectivity index is 1.84. The normalized spacial score (nSPS) is 12.7. The number of nitrogens with one attached hydrogen (secondary N) is 1. The first-order valence-electron chi connectivity index (χ1n) is 14.5. The lowest BCUT2D eigenvalue weighted by atomic mass is 10.0. The number of nitrogens with zero attached hydrogens (tertiary/aromatic N) is 2. The number of carbonyl (C=O) groups is 2. The average molecular weight is 722 g/mol. The summed E-state index contributed by atoms with van der Waals surface area (Å²) in [6.07, 6.45) is 0.839. The second-order valence-electron chi connectivity index (χ2n) is 10.7. The summed E-state index contributed by atoms with van der Waals surface area (Å²) in [5.41, 5.74) is 1.47. The molecule has 0 aliphatic rings. The van der Waals surface area contributed by atoms with Gasteiger partial charge in [0.1, 0.15) is 12.6 Å². The Kier molecular flexibility index (Phi) is 12.4. The zero-order valence-corrected chi connectivity index (χ0v) is 29.0. The molecule has 0 aliphatic heterocycles. The van der Waals surface area contributed by atoms with Crippen molar-refractivity contribution in [3.05, 3.63) is 128 Å². The minimum absolute atomic E-state index is 0.0335. The van der Waals surface area contributed by atoms with Crippen molar-refractivity contribution in [2.24, 2.45) is 0 Å². The molecule has 4 aromatic rings. The number of anilines is 1. The third-order valence-corrected chi connectivity index (χ3v) is 10.4. The van der Waals surface area contributed by atoms with Gasteiger partial charge in [-0.2, -0.15) is 0 Å². The molecule has 4 aromatic carbocycles. The molecular weight excluding hydrogens is 688 g/mol. The standard InChI is InChI=1S/C34H33Cl4N3O4S/c1-3-23(2)39-34(43)32(19-24-10-6-4-7-11-24)40(21-25-14-16-28(36)29(37)18-25)33(42)22-41(31-17-15-26(35)20-30(31)38)46(44,45)27-12-8-5-9-13-27/h4-18,20,23,32H,3,19,21-22H2,1-2H3,(H,39,43)/t23-,32+/m1/s1. The number of benzene rings is 4.